The number of carbonyl (C=O) groups is 1. The highest BCUT2D eigenvalue weighted by atomic mass is 79.9. The smallest absolute Gasteiger partial charge is 0.270 e. The van der Waals surface area contributed by atoms with E-state index in [-0.39, 0.29) is 24.1 Å². The second kappa shape index (κ2) is 5.66. The predicted molar refractivity (Wildman–Crippen MR) is 73.7 cm³/mol. The molecule has 1 aromatic rings. The number of benzene rings is 1. The van der Waals surface area contributed by atoms with Gasteiger partial charge in [-0.2, -0.15) is 0 Å². The molecule has 0 bridgehead atoms. The molecule has 0 radical (unpaired) electrons. The first-order valence-electron chi connectivity index (χ1n) is 5.93. The molecule has 1 aliphatic rings. The van der Waals surface area contributed by atoms with Gasteiger partial charge >= 0.3 is 0 Å². The Morgan fingerprint density at radius 3 is 2.84 bits per heavy atom. The predicted octanol–water partition coefficient (Wildman–Crippen LogP) is 1.46. The Bertz CT molecular complexity index is 521. The Hall–Kier alpha value is -1.47. The molecule has 1 saturated heterocycles. The van der Waals surface area contributed by atoms with Gasteiger partial charge in [0.2, 0.25) is 5.91 Å². The molecule has 2 rings (SSSR count). The summed E-state index contributed by atoms with van der Waals surface area (Å²) in [4.78, 5) is 23.9. The molecule has 1 aliphatic heterocycles. The maximum atomic E-state index is 12.0. The Kier molecular flexibility index (Phi) is 4.16. The maximum Gasteiger partial charge on any atom is 0.270 e. The number of nitro groups is 1. The Labute approximate surface area is 118 Å². The summed E-state index contributed by atoms with van der Waals surface area (Å²) in [5.41, 5.74) is 6.51. The molecule has 1 amide bonds. The monoisotopic (exact) mass is 327 g/mol. The van der Waals surface area contributed by atoms with Gasteiger partial charge in [0.1, 0.15) is 0 Å². The highest BCUT2D eigenvalue weighted by Gasteiger charge is 2.24. The number of hydrogen-bond donors (Lipinski definition) is 1. The van der Waals surface area contributed by atoms with Crippen LogP contribution in [0.3, 0.4) is 0 Å². The molecule has 0 aromatic heterocycles. The summed E-state index contributed by atoms with van der Waals surface area (Å²) in [5, 5.41) is 10.6. The number of non-ortho nitro benzene ring substituents is 1. The van der Waals surface area contributed by atoms with Crippen LogP contribution in [-0.4, -0.2) is 34.9 Å². The number of nitro benzene ring substituents is 1. The van der Waals surface area contributed by atoms with E-state index in [9.17, 15) is 14.9 Å². The van der Waals surface area contributed by atoms with Gasteiger partial charge < -0.3 is 10.6 Å². The first-order valence-corrected chi connectivity index (χ1v) is 6.73. The summed E-state index contributed by atoms with van der Waals surface area (Å²) in [6, 6.07) is 4.49. The lowest BCUT2D eigenvalue weighted by Gasteiger charge is -2.16. The summed E-state index contributed by atoms with van der Waals surface area (Å²) in [7, 11) is 0. The molecule has 1 atom stereocenters. The van der Waals surface area contributed by atoms with Gasteiger partial charge in [-0.1, -0.05) is 22.0 Å². The minimum atomic E-state index is -0.462. The fraction of sp³-hybridized carbons (Fsp3) is 0.417. The third-order valence-corrected chi connectivity index (χ3v) is 3.90. The van der Waals surface area contributed by atoms with Crippen molar-refractivity contribution in [1.82, 2.24) is 4.90 Å². The summed E-state index contributed by atoms with van der Waals surface area (Å²) in [6.07, 6.45) is 1.05. The Morgan fingerprint density at radius 1 is 1.58 bits per heavy atom. The zero-order valence-corrected chi connectivity index (χ0v) is 11.8. The molecule has 0 saturated carbocycles. The minimum absolute atomic E-state index is 0.00232. The van der Waals surface area contributed by atoms with Crippen LogP contribution >= 0.6 is 15.9 Å². The quantitative estimate of drug-likeness (QED) is 0.672. The van der Waals surface area contributed by atoms with E-state index in [2.05, 4.69) is 15.9 Å². The molecule has 2 N–H and O–H groups in total. The van der Waals surface area contributed by atoms with Crippen molar-refractivity contribution in [2.24, 2.45) is 5.73 Å². The third-order valence-electron chi connectivity index (χ3n) is 3.17. The van der Waals surface area contributed by atoms with Crippen molar-refractivity contribution in [3.05, 3.63) is 38.3 Å². The van der Waals surface area contributed by atoms with Gasteiger partial charge in [-0.05, 0) is 12.0 Å². The summed E-state index contributed by atoms with van der Waals surface area (Å²) < 4.78 is 0.582. The van der Waals surface area contributed by atoms with E-state index < -0.39 is 4.92 Å². The minimum Gasteiger partial charge on any atom is -0.341 e. The lowest BCUT2D eigenvalue weighted by molar-refractivity contribution is -0.384. The number of nitrogens with zero attached hydrogens (tertiary/aromatic N) is 2. The van der Waals surface area contributed by atoms with Crippen LogP contribution in [0.2, 0.25) is 0 Å². The lowest BCUT2D eigenvalue weighted by atomic mass is 10.1. The first kappa shape index (κ1) is 14.0. The van der Waals surface area contributed by atoms with Crippen LogP contribution in [0.1, 0.15) is 12.0 Å². The average molecular weight is 328 g/mol. The normalized spacial score (nSPS) is 18.6. The molecular weight excluding hydrogens is 314 g/mol. The summed E-state index contributed by atoms with van der Waals surface area (Å²) >= 11 is 3.26. The number of halogens is 1. The van der Waals surface area contributed by atoms with E-state index in [1.54, 1.807) is 11.0 Å². The largest absolute Gasteiger partial charge is 0.341 e. The van der Waals surface area contributed by atoms with E-state index in [4.69, 9.17) is 5.73 Å². The average Bonchev–Trinajstić information content (AvgIpc) is 2.78. The van der Waals surface area contributed by atoms with Gasteiger partial charge in [0, 0.05) is 35.7 Å². The molecule has 7 heteroatoms. The maximum absolute atomic E-state index is 12.0. The standard InChI is InChI=1S/C12H14BrN3O3/c13-11-6-10(16(18)19)2-1-8(11)5-12(17)15-4-3-9(14)7-15/h1-2,6,9H,3-5,7,14H2/t9-/m1/s1. The van der Waals surface area contributed by atoms with Crippen molar-refractivity contribution >= 4 is 27.5 Å². The summed E-state index contributed by atoms with van der Waals surface area (Å²) in [5.74, 6) is 0.00232. The van der Waals surface area contributed by atoms with Gasteiger partial charge in [-0.15, -0.1) is 0 Å². The van der Waals surface area contributed by atoms with Crippen molar-refractivity contribution in [1.29, 1.82) is 0 Å². The Morgan fingerprint density at radius 2 is 2.32 bits per heavy atom. The molecule has 102 valence electrons. The zero-order chi connectivity index (χ0) is 14.0. The van der Waals surface area contributed by atoms with E-state index in [1.807, 2.05) is 0 Å². The zero-order valence-electron chi connectivity index (χ0n) is 10.2. The van der Waals surface area contributed by atoms with Crippen molar-refractivity contribution in [3.8, 4) is 0 Å². The summed E-state index contributed by atoms with van der Waals surface area (Å²) in [6.45, 7) is 1.27. The van der Waals surface area contributed by atoms with E-state index in [0.717, 1.165) is 12.0 Å². The van der Waals surface area contributed by atoms with Crippen LogP contribution in [0.4, 0.5) is 5.69 Å². The SMILES string of the molecule is N[C@@H]1CCN(C(=O)Cc2ccc([N+](=O)[O-])cc2Br)C1. The van der Waals surface area contributed by atoms with Crippen molar-refractivity contribution < 1.29 is 9.72 Å². The molecule has 1 aromatic carbocycles. The lowest BCUT2D eigenvalue weighted by Crippen LogP contribution is -2.32. The van der Waals surface area contributed by atoms with Crippen molar-refractivity contribution in [3.63, 3.8) is 0 Å². The fourth-order valence-corrected chi connectivity index (χ4v) is 2.59. The van der Waals surface area contributed by atoms with E-state index in [0.29, 0.717) is 17.6 Å². The number of likely N-dealkylation sites (tertiary alicyclic amines) is 1. The van der Waals surface area contributed by atoms with E-state index >= 15 is 0 Å². The van der Waals surface area contributed by atoms with Crippen LogP contribution in [0.25, 0.3) is 0 Å². The molecule has 19 heavy (non-hydrogen) atoms. The van der Waals surface area contributed by atoms with Gasteiger partial charge in [-0.3, -0.25) is 14.9 Å². The third kappa shape index (κ3) is 3.30. The molecule has 0 spiro atoms. The Balaban J connectivity index is 2.07. The van der Waals surface area contributed by atoms with Crippen LogP contribution < -0.4 is 5.73 Å². The van der Waals surface area contributed by atoms with Crippen molar-refractivity contribution in [2.75, 3.05) is 13.1 Å². The number of nitrogens with two attached hydrogens (primary N) is 1. The van der Waals surface area contributed by atoms with Gasteiger partial charge in [0.15, 0.2) is 0 Å². The second-order valence-electron chi connectivity index (χ2n) is 4.60. The molecule has 0 unspecified atom stereocenters. The highest BCUT2D eigenvalue weighted by Crippen LogP contribution is 2.24. The molecule has 1 heterocycles. The van der Waals surface area contributed by atoms with E-state index in [1.165, 1.54) is 12.1 Å². The fourth-order valence-electron chi connectivity index (χ4n) is 2.08. The first-order chi connectivity index (χ1) is 8.97. The second-order valence-corrected chi connectivity index (χ2v) is 5.45. The van der Waals surface area contributed by atoms with Crippen LogP contribution in [0.5, 0.6) is 0 Å². The molecule has 6 nitrogen and oxygen atoms in total. The van der Waals surface area contributed by atoms with Gasteiger partial charge in [-0.25, -0.2) is 0 Å². The van der Waals surface area contributed by atoms with Crippen LogP contribution in [-0.2, 0) is 11.2 Å². The molecule has 0 aliphatic carbocycles. The number of rotatable bonds is 3. The topological polar surface area (TPSA) is 89.5 Å². The van der Waals surface area contributed by atoms with Gasteiger partial charge in [0.25, 0.3) is 5.69 Å². The van der Waals surface area contributed by atoms with Crippen LogP contribution in [0.15, 0.2) is 22.7 Å². The number of hydrogen-bond acceptors (Lipinski definition) is 4. The van der Waals surface area contributed by atoms with Gasteiger partial charge in [0.05, 0.1) is 11.3 Å². The van der Waals surface area contributed by atoms with Crippen molar-refractivity contribution in [2.45, 2.75) is 18.9 Å². The number of carbonyl (C=O) groups excluding carboxylic acids is 1. The van der Waals surface area contributed by atoms with Crippen LogP contribution in [0, 0.1) is 10.1 Å². The highest BCUT2D eigenvalue weighted by molar-refractivity contribution is 9.10. The number of amides is 1. The molecule has 1 fully saturated rings. The molecular formula is C12H14BrN3O3.